The van der Waals surface area contributed by atoms with Gasteiger partial charge in [-0.3, -0.25) is 0 Å². The van der Waals surface area contributed by atoms with E-state index in [0.29, 0.717) is 5.96 Å². The van der Waals surface area contributed by atoms with Crippen LogP contribution in [0.5, 0.6) is 0 Å². The summed E-state index contributed by atoms with van der Waals surface area (Å²) in [6.45, 7) is 3.98. The van der Waals surface area contributed by atoms with Crippen molar-refractivity contribution in [2.75, 3.05) is 11.9 Å². The first-order valence-corrected chi connectivity index (χ1v) is 7.30. The standard InChI is InChI=1S/C15H19N3OS/c1-11-3-5-13(6-4-11)18-14(16)17-10-15(2,19)12-7-8-20-9-12/h3-9,19H,10H2,1-2H3,(H3,16,17,18). The maximum absolute atomic E-state index is 10.3. The maximum atomic E-state index is 10.3. The van der Waals surface area contributed by atoms with E-state index in [1.165, 1.54) is 5.56 Å². The minimum absolute atomic E-state index is 0.217. The lowest BCUT2D eigenvalue weighted by atomic mass is 10.00. The molecule has 1 aromatic heterocycles. The molecule has 4 N–H and O–H groups in total. The molecular formula is C15H19N3OS. The average Bonchev–Trinajstić information content (AvgIpc) is 2.94. The van der Waals surface area contributed by atoms with Crippen molar-refractivity contribution in [3.63, 3.8) is 0 Å². The lowest BCUT2D eigenvalue weighted by Gasteiger charge is -2.20. The number of hydrogen-bond donors (Lipinski definition) is 3. The first kappa shape index (κ1) is 14.6. The molecule has 0 saturated carbocycles. The van der Waals surface area contributed by atoms with Gasteiger partial charge in [0.05, 0.1) is 6.54 Å². The third-order valence-corrected chi connectivity index (χ3v) is 3.71. The molecule has 20 heavy (non-hydrogen) atoms. The fourth-order valence-corrected chi connectivity index (χ4v) is 2.51. The molecule has 0 fully saturated rings. The van der Waals surface area contributed by atoms with Gasteiger partial charge in [-0.2, -0.15) is 11.3 Å². The summed E-state index contributed by atoms with van der Waals surface area (Å²) in [5.74, 6) is 0.296. The molecule has 0 aliphatic heterocycles. The van der Waals surface area contributed by atoms with Crippen LogP contribution in [-0.2, 0) is 5.60 Å². The number of guanidine groups is 1. The number of aryl methyl sites for hydroxylation is 1. The molecule has 106 valence electrons. The van der Waals surface area contributed by atoms with Gasteiger partial charge in [0.1, 0.15) is 5.60 Å². The summed E-state index contributed by atoms with van der Waals surface area (Å²) >= 11 is 1.55. The van der Waals surface area contributed by atoms with E-state index >= 15 is 0 Å². The lowest BCUT2D eigenvalue weighted by Crippen LogP contribution is -2.29. The summed E-state index contributed by atoms with van der Waals surface area (Å²) < 4.78 is 0. The van der Waals surface area contributed by atoms with E-state index in [1.807, 2.05) is 48.0 Å². The third kappa shape index (κ3) is 3.82. The second kappa shape index (κ2) is 6.07. The van der Waals surface area contributed by atoms with Crippen LogP contribution in [0.25, 0.3) is 0 Å². The summed E-state index contributed by atoms with van der Waals surface area (Å²) in [6.07, 6.45) is 0. The van der Waals surface area contributed by atoms with Crippen LogP contribution >= 0.6 is 11.3 Å². The van der Waals surface area contributed by atoms with Crippen LogP contribution in [0.1, 0.15) is 18.1 Å². The number of nitrogens with one attached hydrogen (secondary N) is 1. The van der Waals surface area contributed by atoms with E-state index < -0.39 is 5.60 Å². The zero-order valence-electron chi connectivity index (χ0n) is 11.6. The monoisotopic (exact) mass is 289 g/mol. The topological polar surface area (TPSA) is 70.6 Å². The molecule has 0 aliphatic rings. The van der Waals surface area contributed by atoms with Crippen molar-refractivity contribution in [2.45, 2.75) is 19.4 Å². The van der Waals surface area contributed by atoms with Crippen LogP contribution in [0.4, 0.5) is 5.69 Å². The molecule has 0 saturated heterocycles. The molecule has 4 nitrogen and oxygen atoms in total. The minimum atomic E-state index is -1.00. The minimum Gasteiger partial charge on any atom is -0.383 e. The Bertz CT molecular complexity index is 574. The first-order valence-electron chi connectivity index (χ1n) is 6.36. The Morgan fingerprint density at radius 1 is 1.35 bits per heavy atom. The Morgan fingerprint density at radius 3 is 2.65 bits per heavy atom. The molecule has 1 aromatic carbocycles. The molecule has 0 radical (unpaired) electrons. The summed E-state index contributed by atoms with van der Waals surface area (Å²) in [6, 6.07) is 9.77. The molecule has 1 atom stereocenters. The van der Waals surface area contributed by atoms with Gasteiger partial charge in [-0.05, 0) is 48.4 Å². The molecule has 0 bridgehead atoms. The summed E-state index contributed by atoms with van der Waals surface area (Å²) in [5.41, 5.74) is 7.76. The zero-order chi connectivity index (χ0) is 14.6. The van der Waals surface area contributed by atoms with Crippen molar-refractivity contribution in [2.24, 2.45) is 10.7 Å². The highest BCUT2D eigenvalue weighted by Gasteiger charge is 2.23. The number of nitrogens with two attached hydrogens (primary N) is 1. The van der Waals surface area contributed by atoms with Crippen LogP contribution < -0.4 is 11.1 Å². The van der Waals surface area contributed by atoms with E-state index in [-0.39, 0.29) is 6.54 Å². The predicted molar refractivity (Wildman–Crippen MR) is 85.2 cm³/mol. The van der Waals surface area contributed by atoms with Gasteiger partial charge >= 0.3 is 0 Å². The summed E-state index contributed by atoms with van der Waals surface area (Å²) in [4.78, 5) is 4.21. The van der Waals surface area contributed by atoms with Gasteiger partial charge in [0, 0.05) is 5.69 Å². The molecular weight excluding hydrogens is 270 g/mol. The van der Waals surface area contributed by atoms with Crippen LogP contribution in [0.2, 0.25) is 0 Å². The predicted octanol–water partition coefficient (Wildman–Crippen LogP) is 2.69. The molecule has 2 rings (SSSR count). The van der Waals surface area contributed by atoms with Crippen LogP contribution in [-0.4, -0.2) is 17.6 Å². The second-order valence-electron chi connectivity index (χ2n) is 4.98. The lowest BCUT2D eigenvalue weighted by molar-refractivity contribution is 0.0678. The molecule has 0 spiro atoms. The Labute approximate surface area is 123 Å². The van der Waals surface area contributed by atoms with Gasteiger partial charge in [-0.25, -0.2) is 4.99 Å². The number of aliphatic imine (C=N–C) groups is 1. The van der Waals surface area contributed by atoms with Gasteiger partial charge in [0.2, 0.25) is 0 Å². The first-order chi connectivity index (χ1) is 9.47. The normalized spacial score (nSPS) is 14.8. The van der Waals surface area contributed by atoms with Crippen molar-refractivity contribution >= 4 is 23.0 Å². The van der Waals surface area contributed by atoms with E-state index in [9.17, 15) is 5.11 Å². The van der Waals surface area contributed by atoms with Gasteiger partial charge in [-0.1, -0.05) is 17.7 Å². The van der Waals surface area contributed by atoms with E-state index in [0.717, 1.165) is 11.3 Å². The van der Waals surface area contributed by atoms with Gasteiger partial charge in [0.25, 0.3) is 0 Å². The van der Waals surface area contributed by atoms with Crippen LogP contribution in [0.15, 0.2) is 46.1 Å². The van der Waals surface area contributed by atoms with E-state index in [1.54, 1.807) is 18.3 Å². The zero-order valence-corrected chi connectivity index (χ0v) is 12.4. The summed E-state index contributed by atoms with van der Waals surface area (Å²) in [7, 11) is 0. The van der Waals surface area contributed by atoms with Gasteiger partial charge in [-0.15, -0.1) is 0 Å². The Morgan fingerprint density at radius 2 is 2.05 bits per heavy atom. The number of aliphatic hydroxyl groups is 1. The number of anilines is 1. The number of benzene rings is 1. The van der Waals surface area contributed by atoms with Gasteiger partial charge in [0.15, 0.2) is 5.96 Å². The largest absolute Gasteiger partial charge is 0.383 e. The van der Waals surface area contributed by atoms with Crippen LogP contribution in [0, 0.1) is 6.92 Å². The third-order valence-electron chi connectivity index (χ3n) is 3.02. The van der Waals surface area contributed by atoms with Crippen molar-refractivity contribution < 1.29 is 5.11 Å². The Hall–Kier alpha value is -1.85. The molecule has 1 unspecified atom stereocenters. The summed E-state index contributed by atoms with van der Waals surface area (Å²) in [5, 5.41) is 17.2. The number of hydrogen-bond acceptors (Lipinski definition) is 3. The van der Waals surface area contributed by atoms with Crippen molar-refractivity contribution in [3.8, 4) is 0 Å². The fraction of sp³-hybridized carbons (Fsp3) is 0.267. The quantitative estimate of drug-likeness (QED) is 0.598. The van der Waals surface area contributed by atoms with Crippen molar-refractivity contribution in [3.05, 3.63) is 52.2 Å². The smallest absolute Gasteiger partial charge is 0.193 e. The molecule has 2 aromatic rings. The number of thiophene rings is 1. The van der Waals surface area contributed by atoms with Crippen molar-refractivity contribution in [1.29, 1.82) is 0 Å². The molecule has 0 amide bonds. The fourth-order valence-electron chi connectivity index (χ4n) is 1.73. The molecule has 1 heterocycles. The number of nitrogens with zero attached hydrogens (tertiary/aromatic N) is 1. The molecule has 0 aliphatic carbocycles. The highest BCUT2D eigenvalue weighted by atomic mass is 32.1. The van der Waals surface area contributed by atoms with Gasteiger partial charge < -0.3 is 16.2 Å². The SMILES string of the molecule is Cc1ccc(NC(N)=NCC(C)(O)c2ccsc2)cc1. The van der Waals surface area contributed by atoms with E-state index in [2.05, 4.69) is 10.3 Å². The average molecular weight is 289 g/mol. The maximum Gasteiger partial charge on any atom is 0.193 e. The number of rotatable bonds is 4. The van der Waals surface area contributed by atoms with Crippen molar-refractivity contribution in [1.82, 2.24) is 0 Å². The van der Waals surface area contributed by atoms with Crippen LogP contribution in [0.3, 0.4) is 0 Å². The highest BCUT2D eigenvalue weighted by molar-refractivity contribution is 7.08. The molecule has 5 heteroatoms. The van der Waals surface area contributed by atoms with E-state index in [4.69, 9.17) is 5.73 Å². The Kier molecular flexibility index (Phi) is 4.42. The highest BCUT2D eigenvalue weighted by Crippen LogP contribution is 2.23. The second-order valence-corrected chi connectivity index (χ2v) is 5.76. The Balaban J connectivity index is 1.99.